The lowest BCUT2D eigenvalue weighted by molar-refractivity contribution is 0.386. The van der Waals surface area contributed by atoms with Crippen molar-refractivity contribution < 1.29 is 17.5 Å². The second-order valence-corrected chi connectivity index (χ2v) is 9.58. The van der Waals surface area contributed by atoms with Crippen molar-refractivity contribution in [3.8, 4) is 17.0 Å². The van der Waals surface area contributed by atoms with E-state index in [-0.39, 0.29) is 21.6 Å². The smallest absolute Gasteiger partial charge is 0.242 e. The van der Waals surface area contributed by atoms with Gasteiger partial charge in [-0.3, -0.25) is 0 Å². The summed E-state index contributed by atoms with van der Waals surface area (Å²) in [7, 11) is 1.50. The predicted octanol–water partition coefficient (Wildman–Crippen LogP) is 3.92. The van der Waals surface area contributed by atoms with E-state index >= 15 is 0 Å². The summed E-state index contributed by atoms with van der Waals surface area (Å²) >= 11 is 6.25. The number of hydrogen-bond acceptors (Lipinski definition) is 7. The Morgan fingerprint density at radius 2 is 1.94 bits per heavy atom. The topological polar surface area (TPSA) is 96.4 Å². The molecular formula is C22H25ClFN5O3S. The summed E-state index contributed by atoms with van der Waals surface area (Å²) in [6, 6.07) is 10.7. The fourth-order valence-electron chi connectivity index (χ4n) is 3.01. The molecule has 0 spiro atoms. The van der Waals surface area contributed by atoms with Gasteiger partial charge in [0.2, 0.25) is 16.0 Å². The zero-order valence-corrected chi connectivity index (χ0v) is 20.0. The molecule has 0 unspecified atom stereocenters. The number of aromatic nitrogens is 2. The lowest BCUT2D eigenvalue weighted by atomic mass is 10.1. The van der Waals surface area contributed by atoms with Gasteiger partial charge in [0.25, 0.3) is 0 Å². The van der Waals surface area contributed by atoms with Crippen molar-refractivity contribution in [2.24, 2.45) is 0 Å². The number of hydrogen-bond donors (Lipinski definition) is 2. The molecule has 0 saturated heterocycles. The minimum Gasteiger partial charge on any atom is -0.494 e. The number of nitrogens with zero attached hydrogens (tertiary/aromatic N) is 3. The van der Waals surface area contributed by atoms with Crippen molar-refractivity contribution in [3.05, 3.63) is 59.5 Å². The summed E-state index contributed by atoms with van der Waals surface area (Å²) in [6.45, 7) is 1.07. The van der Waals surface area contributed by atoms with Crippen LogP contribution in [0.5, 0.6) is 5.75 Å². The normalized spacial score (nSPS) is 11.6. The van der Waals surface area contributed by atoms with E-state index in [0.717, 1.165) is 6.54 Å². The molecule has 3 rings (SSSR count). The number of nitrogens with one attached hydrogen (secondary N) is 2. The van der Waals surface area contributed by atoms with Crippen LogP contribution in [0.2, 0.25) is 5.02 Å². The van der Waals surface area contributed by atoms with Crippen molar-refractivity contribution in [2.45, 2.75) is 11.3 Å². The molecule has 0 fully saturated rings. The maximum atomic E-state index is 14.0. The van der Waals surface area contributed by atoms with Gasteiger partial charge in [-0.25, -0.2) is 27.5 Å². The zero-order chi connectivity index (χ0) is 24.0. The van der Waals surface area contributed by atoms with E-state index in [0.29, 0.717) is 29.9 Å². The molecule has 11 heteroatoms. The second-order valence-electron chi connectivity index (χ2n) is 7.44. The Hall–Kier alpha value is -2.79. The Labute approximate surface area is 197 Å². The highest BCUT2D eigenvalue weighted by Gasteiger charge is 2.18. The highest BCUT2D eigenvalue weighted by molar-refractivity contribution is 7.89. The Bertz CT molecular complexity index is 1220. The number of ether oxygens (including phenoxy) is 1. The monoisotopic (exact) mass is 493 g/mol. The van der Waals surface area contributed by atoms with E-state index < -0.39 is 15.8 Å². The van der Waals surface area contributed by atoms with E-state index in [1.807, 2.05) is 19.0 Å². The molecule has 176 valence electrons. The van der Waals surface area contributed by atoms with Crippen LogP contribution < -0.4 is 14.8 Å². The quantitative estimate of drug-likeness (QED) is 0.413. The van der Waals surface area contributed by atoms with Gasteiger partial charge >= 0.3 is 0 Å². The molecule has 0 saturated carbocycles. The molecule has 1 heterocycles. The first-order valence-electron chi connectivity index (χ1n) is 10.1. The minimum atomic E-state index is -3.74. The highest BCUT2D eigenvalue weighted by Crippen LogP contribution is 2.28. The van der Waals surface area contributed by atoms with Crippen LogP contribution in [0.15, 0.2) is 53.6 Å². The Morgan fingerprint density at radius 3 is 2.61 bits per heavy atom. The number of anilines is 2. The predicted molar refractivity (Wildman–Crippen MR) is 127 cm³/mol. The maximum absolute atomic E-state index is 14.0. The first-order chi connectivity index (χ1) is 15.7. The summed E-state index contributed by atoms with van der Waals surface area (Å²) in [5.74, 6) is -0.109. The van der Waals surface area contributed by atoms with Gasteiger partial charge in [-0.15, -0.1) is 0 Å². The van der Waals surface area contributed by atoms with Crippen molar-refractivity contribution in [1.82, 2.24) is 19.6 Å². The van der Waals surface area contributed by atoms with Gasteiger partial charge in [0.05, 0.1) is 17.8 Å². The van der Waals surface area contributed by atoms with Crippen LogP contribution in [0.4, 0.5) is 16.0 Å². The van der Waals surface area contributed by atoms with Gasteiger partial charge < -0.3 is 15.0 Å². The van der Waals surface area contributed by atoms with E-state index in [1.165, 1.54) is 37.6 Å². The molecule has 2 aromatic carbocycles. The van der Waals surface area contributed by atoms with Gasteiger partial charge in [-0.1, -0.05) is 11.6 Å². The van der Waals surface area contributed by atoms with Crippen LogP contribution in [-0.4, -0.2) is 57.6 Å². The fraction of sp³-hybridized carbons (Fsp3) is 0.273. The van der Waals surface area contributed by atoms with E-state index in [9.17, 15) is 12.8 Å². The standard InChI is InChI=1S/C22H25ClFN5O3S/c1-29(2)12-4-10-26-33(30,31)21-8-6-16(14-17(21)23)27-22-25-11-9-19(28-22)15-5-7-20(32-3)18(24)13-15/h5-9,11,13-14,26H,4,10,12H2,1-3H3,(H,25,27,28). The molecule has 1 aromatic heterocycles. The van der Waals surface area contributed by atoms with Crippen molar-refractivity contribution in [2.75, 3.05) is 39.6 Å². The van der Waals surface area contributed by atoms with Gasteiger partial charge in [-0.05, 0) is 69.5 Å². The van der Waals surface area contributed by atoms with Crippen molar-refractivity contribution >= 4 is 33.3 Å². The molecule has 3 aromatic rings. The molecule has 0 aliphatic heterocycles. The highest BCUT2D eigenvalue weighted by atomic mass is 35.5. The average Bonchev–Trinajstić information content (AvgIpc) is 2.76. The molecule has 33 heavy (non-hydrogen) atoms. The molecule has 2 N–H and O–H groups in total. The third kappa shape index (κ3) is 6.61. The third-order valence-corrected chi connectivity index (χ3v) is 6.60. The average molecular weight is 494 g/mol. The Kier molecular flexibility index (Phi) is 8.20. The third-order valence-electron chi connectivity index (χ3n) is 4.65. The zero-order valence-electron chi connectivity index (χ0n) is 18.5. The molecule has 0 aliphatic rings. The summed E-state index contributed by atoms with van der Waals surface area (Å²) in [5, 5.41) is 3.05. The van der Waals surface area contributed by atoms with E-state index in [4.69, 9.17) is 16.3 Å². The lowest BCUT2D eigenvalue weighted by Crippen LogP contribution is -2.27. The van der Waals surface area contributed by atoms with Crippen LogP contribution in [0.1, 0.15) is 6.42 Å². The second kappa shape index (κ2) is 10.9. The van der Waals surface area contributed by atoms with Crippen molar-refractivity contribution in [3.63, 3.8) is 0 Å². The fourth-order valence-corrected chi connectivity index (χ4v) is 4.63. The number of benzene rings is 2. The summed E-state index contributed by atoms with van der Waals surface area (Å²) in [6.07, 6.45) is 2.21. The van der Waals surface area contributed by atoms with Crippen LogP contribution in [0, 0.1) is 5.82 Å². The summed E-state index contributed by atoms with van der Waals surface area (Å²) in [4.78, 5) is 10.5. The van der Waals surface area contributed by atoms with Gasteiger partial charge in [0.15, 0.2) is 11.6 Å². The molecule has 0 atom stereocenters. The molecule has 0 radical (unpaired) electrons. The maximum Gasteiger partial charge on any atom is 0.242 e. The van der Waals surface area contributed by atoms with Crippen molar-refractivity contribution in [1.29, 1.82) is 0 Å². The Balaban J connectivity index is 1.74. The number of methoxy groups -OCH3 is 1. The SMILES string of the molecule is COc1ccc(-c2ccnc(Nc3ccc(S(=O)(=O)NCCCN(C)C)c(Cl)c3)n2)cc1F. The molecular weight excluding hydrogens is 469 g/mol. The first kappa shape index (κ1) is 24.8. The molecule has 8 nitrogen and oxygen atoms in total. The Morgan fingerprint density at radius 1 is 1.15 bits per heavy atom. The van der Waals surface area contributed by atoms with Crippen LogP contribution in [0.25, 0.3) is 11.3 Å². The van der Waals surface area contributed by atoms with Crippen LogP contribution in [0.3, 0.4) is 0 Å². The number of halogens is 2. The lowest BCUT2D eigenvalue weighted by Gasteiger charge is -2.12. The number of sulfonamides is 1. The molecule has 0 amide bonds. The van der Waals surface area contributed by atoms with Gasteiger partial charge in [0.1, 0.15) is 4.90 Å². The largest absolute Gasteiger partial charge is 0.494 e. The minimum absolute atomic E-state index is 0.0112. The number of rotatable bonds is 10. The summed E-state index contributed by atoms with van der Waals surface area (Å²) in [5.41, 5.74) is 1.56. The van der Waals surface area contributed by atoms with Crippen LogP contribution in [-0.2, 0) is 10.0 Å². The molecule has 0 aliphatic carbocycles. The van der Waals surface area contributed by atoms with Gasteiger partial charge in [-0.2, -0.15) is 0 Å². The van der Waals surface area contributed by atoms with Gasteiger partial charge in [0, 0.05) is 24.0 Å². The first-order valence-corrected chi connectivity index (χ1v) is 11.9. The van der Waals surface area contributed by atoms with Crippen LogP contribution >= 0.6 is 11.6 Å². The van der Waals surface area contributed by atoms with E-state index in [1.54, 1.807) is 18.2 Å². The van der Waals surface area contributed by atoms with E-state index in [2.05, 4.69) is 20.0 Å². The molecule has 0 bridgehead atoms. The summed E-state index contributed by atoms with van der Waals surface area (Å²) < 4.78 is 46.6.